The van der Waals surface area contributed by atoms with Crippen molar-refractivity contribution in [2.75, 3.05) is 5.73 Å². The number of hydrogen-bond acceptors (Lipinski definition) is 5. The molecule has 0 amide bonds. The molecule has 0 saturated carbocycles. The van der Waals surface area contributed by atoms with Gasteiger partial charge in [-0.25, -0.2) is 9.67 Å². The molecule has 0 bridgehead atoms. The summed E-state index contributed by atoms with van der Waals surface area (Å²) in [5.41, 5.74) is 9.58. The fourth-order valence-corrected chi connectivity index (χ4v) is 3.13. The molecule has 126 valence electrons. The lowest BCUT2D eigenvalue weighted by Gasteiger charge is -2.05. The highest BCUT2D eigenvalue weighted by Crippen LogP contribution is 2.28. The van der Waals surface area contributed by atoms with Crippen molar-refractivity contribution in [3.63, 3.8) is 0 Å². The summed E-state index contributed by atoms with van der Waals surface area (Å²) in [4.78, 5) is 8.89. The molecule has 4 aromatic heterocycles. The third-order valence-electron chi connectivity index (χ3n) is 4.34. The largest absolute Gasteiger partial charge is 0.382 e. The summed E-state index contributed by atoms with van der Waals surface area (Å²) in [6.45, 7) is 0.585. The van der Waals surface area contributed by atoms with E-state index in [-0.39, 0.29) is 0 Å². The van der Waals surface area contributed by atoms with Gasteiger partial charge in [0.15, 0.2) is 5.82 Å². The maximum absolute atomic E-state index is 6.17. The number of hydrogen-bond donors (Lipinski definition) is 1. The zero-order valence-corrected chi connectivity index (χ0v) is 13.8. The van der Waals surface area contributed by atoms with Crippen LogP contribution in [0.15, 0.2) is 67.3 Å². The van der Waals surface area contributed by atoms with Crippen molar-refractivity contribution < 1.29 is 0 Å². The van der Waals surface area contributed by atoms with Gasteiger partial charge < -0.3 is 5.73 Å². The first kappa shape index (κ1) is 14.6. The molecular formula is C19H15N7. The third kappa shape index (κ3) is 2.37. The Balaban J connectivity index is 1.65. The van der Waals surface area contributed by atoms with Crippen molar-refractivity contribution in [1.82, 2.24) is 29.5 Å². The smallest absolute Gasteiger partial charge is 0.152 e. The zero-order valence-electron chi connectivity index (χ0n) is 13.8. The Bertz CT molecular complexity index is 1210. The lowest BCUT2D eigenvalue weighted by Crippen LogP contribution is -2.01. The van der Waals surface area contributed by atoms with E-state index in [4.69, 9.17) is 5.73 Å². The van der Waals surface area contributed by atoms with Gasteiger partial charge in [0, 0.05) is 35.6 Å². The van der Waals surface area contributed by atoms with Crippen LogP contribution in [0.25, 0.3) is 27.5 Å². The summed E-state index contributed by atoms with van der Waals surface area (Å²) in [6.07, 6.45) is 7.42. The number of benzene rings is 1. The van der Waals surface area contributed by atoms with Crippen LogP contribution >= 0.6 is 0 Å². The predicted molar refractivity (Wildman–Crippen MR) is 99.9 cm³/mol. The van der Waals surface area contributed by atoms with Crippen molar-refractivity contribution in [2.24, 2.45) is 0 Å². The Morgan fingerprint density at radius 2 is 1.96 bits per heavy atom. The Labute approximate surface area is 148 Å². The van der Waals surface area contributed by atoms with Gasteiger partial charge in [-0.15, -0.1) is 0 Å². The normalized spacial score (nSPS) is 11.4. The summed E-state index contributed by atoms with van der Waals surface area (Å²) in [7, 11) is 0. The van der Waals surface area contributed by atoms with Gasteiger partial charge in [0.2, 0.25) is 0 Å². The molecule has 7 nitrogen and oxygen atoms in total. The molecule has 0 radical (unpaired) electrons. The topological polar surface area (TPSA) is 87.4 Å². The van der Waals surface area contributed by atoms with Gasteiger partial charge in [0.25, 0.3) is 0 Å². The van der Waals surface area contributed by atoms with Crippen LogP contribution in [-0.4, -0.2) is 29.5 Å². The quantitative estimate of drug-likeness (QED) is 0.545. The molecule has 0 fully saturated rings. The minimum atomic E-state index is 0.421. The number of aromatic nitrogens is 6. The molecule has 0 spiro atoms. The number of rotatable bonds is 3. The van der Waals surface area contributed by atoms with E-state index >= 15 is 0 Å². The molecule has 7 heteroatoms. The van der Waals surface area contributed by atoms with Crippen LogP contribution in [0.1, 0.15) is 5.69 Å². The highest BCUT2D eigenvalue weighted by atomic mass is 15.3. The van der Waals surface area contributed by atoms with E-state index in [9.17, 15) is 0 Å². The first-order valence-corrected chi connectivity index (χ1v) is 8.24. The number of fused-ring (bicyclic) bond motifs is 3. The SMILES string of the molecule is Nc1nc2cc(-n3cccn3)ccc2c2cn(Cc3ccccn3)nc12. The Morgan fingerprint density at radius 3 is 2.77 bits per heavy atom. The molecule has 2 N–H and O–H groups in total. The van der Waals surface area contributed by atoms with E-state index in [1.165, 1.54) is 0 Å². The van der Waals surface area contributed by atoms with Crippen molar-refractivity contribution in [3.05, 3.63) is 72.9 Å². The molecule has 0 aliphatic carbocycles. The molecule has 0 saturated heterocycles. The number of nitrogens with zero attached hydrogens (tertiary/aromatic N) is 6. The highest BCUT2D eigenvalue weighted by Gasteiger charge is 2.12. The molecule has 5 aromatic rings. The average Bonchev–Trinajstić information content (AvgIpc) is 3.32. The Hall–Kier alpha value is -3.74. The molecule has 0 unspecified atom stereocenters. The fourth-order valence-electron chi connectivity index (χ4n) is 3.13. The zero-order chi connectivity index (χ0) is 17.5. The Morgan fingerprint density at radius 1 is 1.00 bits per heavy atom. The van der Waals surface area contributed by atoms with Gasteiger partial charge in [-0.3, -0.25) is 9.67 Å². The highest BCUT2D eigenvalue weighted by molar-refractivity contribution is 6.08. The summed E-state index contributed by atoms with van der Waals surface area (Å²) in [5.74, 6) is 0.421. The van der Waals surface area contributed by atoms with Crippen molar-refractivity contribution in [1.29, 1.82) is 0 Å². The summed E-state index contributed by atoms with van der Waals surface area (Å²) >= 11 is 0. The van der Waals surface area contributed by atoms with Gasteiger partial charge in [0.1, 0.15) is 5.52 Å². The minimum Gasteiger partial charge on any atom is -0.382 e. The molecule has 0 aliphatic heterocycles. The van der Waals surface area contributed by atoms with Gasteiger partial charge in [-0.1, -0.05) is 6.07 Å². The van der Waals surface area contributed by atoms with Crippen LogP contribution in [0, 0.1) is 0 Å². The summed E-state index contributed by atoms with van der Waals surface area (Å²) in [6, 6.07) is 13.8. The second kappa shape index (κ2) is 5.66. The van der Waals surface area contributed by atoms with E-state index in [2.05, 4.69) is 20.2 Å². The lowest BCUT2D eigenvalue weighted by atomic mass is 10.1. The van der Waals surface area contributed by atoms with E-state index < -0.39 is 0 Å². The van der Waals surface area contributed by atoms with E-state index in [0.29, 0.717) is 17.9 Å². The van der Waals surface area contributed by atoms with Gasteiger partial charge in [-0.05, 0) is 36.4 Å². The molecule has 1 aromatic carbocycles. The second-order valence-corrected chi connectivity index (χ2v) is 6.06. The molecule has 0 atom stereocenters. The van der Waals surface area contributed by atoms with Crippen molar-refractivity contribution in [3.8, 4) is 5.69 Å². The van der Waals surface area contributed by atoms with Crippen LogP contribution in [-0.2, 0) is 6.54 Å². The number of pyridine rings is 2. The maximum atomic E-state index is 6.17. The third-order valence-corrected chi connectivity index (χ3v) is 4.34. The van der Waals surface area contributed by atoms with Crippen LogP contribution < -0.4 is 5.73 Å². The number of nitrogen functional groups attached to an aromatic ring is 1. The fraction of sp³-hybridized carbons (Fsp3) is 0.0526. The summed E-state index contributed by atoms with van der Waals surface area (Å²) in [5, 5.41) is 10.9. The summed E-state index contributed by atoms with van der Waals surface area (Å²) < 4.78 is 3.65. The van der Waals surface area contributed by atoms with Gasteiger partial charge in [-0.2, -0.15) is 10.2 Å². The lowest BCUT2D eigenvalue weighted by molar-refractivity contribution is 0.681. The van der Waals surface area contributed by atoms with E-state index in [1.54, 1.807) is 17.1 Å². The number of nitrogens with two attached hydrogens (primary N) is 1. The predicted octanol–water partition coefficient (Wildman–Crippen LogP) is 2.80. The second-order valence-electron chi connectivity index (χ2n) is 6.06. The average molecular weight is 341 g/mol. The monoisotopic (exact) mass is 341 g/mol. The molecule has 0 aliphatic rings. The van der Waals surface area contributed by atoms with Gasteiger partial charge in [0.05, 0.1) is 23.4 Å². The van der Waals surface area contributed by atoms with Crippen LogP contribution in [0.2, 0.25) is 0 Å². The van der Waals surface area contributed by atoms with Crippen LogP contribution in [0.5, 0.6) is 0 Å². The standard InChI is InChI=1S/C19H15N7/c20-19-18-16(12-25(24-18)11-13-4-1-2-7-21-13)15-6-5-14(10-17(15)23-19)26-9-3-8-22-26/h1-10,12H,11H2,(H2,20,23). The molecule has 5 rings (SSSR count). The van der Waals surface area contributed by atoms with Crippen LogP contribution in [0.4, 0.5) is 5.82 Å². The maximum Gasteiger partial charge on any atom is 0.152 e. The number of anilines is 1. The van der Waals surface area contributed by atoms with Gasteiger partial charge >= 0.3 is 0 Å². The van der Waals surface area contributed by atoms with Crippen molar-refractivity contribution in [2.45, 2.75) is 6.54 Å². The van der Waals surface area contributed by atoms with Crippen LogP contribution in [0.3, 0.4) is 0 Å². The first-order valence-electron chi connectivity index (χ1n) is 8.24. The first-order chi connectivity index (χ1) is 12.8. The molecule has 26 heavy (non-hydrogen) atoms. The van der Waals surface area contributed by atoms with Crippen molar-refractivity contribution >= 4 is 27.6 Å². The minimum absolute atomic E-state index is 0.421. The molecular weight excluding hydrogens is 326 g/mol. The molecule has 4 heterocycles. The Kier molecular flexibility index (Phi) is 3.18. The van der Waals surface area contributed by atoms with E-state index in [1.807, 2.05) is 59.5 Å². The van der Waals surface area contributed by atoms with E-state index in [0.717, 1.165) is 27.7 Å².